The average Bonchev–Trinajstić information content (AvgIpc) is 3.24. The van der Waals surface area contributed by atoms with Gasteiger partial charge in [0.2, 0.25) is 0 Å². The van der Waals surface area contributed by atoms with Crippen molar-refractivity contribution in [1.29, 1.82) is 0 Å². The fourth-order valence-electron chi connectivity index (χ4n) is 3.17. The minimum atomic E-state index is -3.01. The van der Waals surface area contributed by atoms with Crippen LogP contribution in [0, 0.1) is 0 Å². The van der Waals surface area contributed by atoms with Crippen LogP contribution in [0.1, 0.15) is 34.1 Å². The topological polar surface area (TPSA) is 81.1 Å². The Morgan fingerprint density at radius 1 is 1.25 bits per heavy atom. The molecule has 2 aromatic rings. The lowest BCUT2D eigenvalue weighted by molar-refractivity contribution is 0.102. The highest BCUT2D eigenvalue weighted by Crippen LogP contribution is 2.38. The highest BCUT2D eigenvalue weighted by molar-refractivity contribution is 7.98. The van der Waals surface area contributed by atoms with Gasteiger partial charge in [-0.3, -0.25) is 4.79 Å². The maximum absolute atomic E-state index is 12.5. The van der Waals surface area contributed by atoms with Crippen molar-refractivity contribution in [3.63, 3.8) is 0 Å². The van der Waals surface area contributed by atoms with Crippen LogP contribution >= 0.6 is 11.8 Å². The van der Waals surface area contributed by atoms with Crippen molar-refractivity contribution in [3.8, 4) is 0 Å². The second kappa shape index (κ2) is 5.93. The van der Waals surface area contributed by atoms with Gasteiger partial charge in [-0.15, -0.1) is 0 Å². The van der Waals surface area contributed by atoms with E-state index in [1.165, 1.54) is 0 Å². The zero-order valence-electron chi connectivity index (χ0n) is 12.9. The first-order valence-electron chi connectivity index (χ1n) is 7.78. The molecule has 1 amide bonds. The van der Waals surface area contributed by atoms with Gasteiger partial charge in [0.15, 0.2) is 9.84 Å². The minimum Gasteiger partial charge on any atom is -0.306 e. The molecular formula is C16H17N3O3S2. The maximum Gasteiger partial charge on any atom is 0.256 e. The van der Waals surface area contributed by atoms with Crippen LogP contribution in [0.15, 0.2) is 30.3 Å². The Morgan fingerprint density at radius 2 is 2.04 bits per heavy atom. The molecule has 126 valence electrons. The molecule has 2 aliphatic heterocycles. The van der Waals surface area contributed by atoms with Gasteiger partial charge in [0.25, 0.3) is 5.91 Å². The number of nitrogens with one attached hydrogen (secondary N) is 1. The Balaban J connectivity index is 1.68. The summed E-state index contributed by atoms with van der Waals surface area (Å²) in [6.45, 7) is 0. The van der Waals surface area contributed by atoms with Crippen molar-refractivity contribution >= 4 is 33.3 Å². The fraction of sp³-hybridized carbons (Fsp3) is 0.375. The van der Waals surface area contributed by atoms with Gasteiger partial charge in [-0.05, 0) is 18.6 Å². The van der Waals surface area contributed by atoms with Gasteiger partial charge in [-0.25, -0.2) is 13.1 Å². The van der Waals surface area contributed by atoms with E-state index < -0.39 is 9.84 Å². The summed E-state index contributed by atoms with van der Waals surface area (Å²) >= 11 is 1.75. The molecule has 0 unspecified atom stereocenters. The third kappa shape index (κ3) is 2.84. The van der Waals surface area contributed by atoms with Gasteiger partial charge in [0.05, 0.1) is 23.2 Å². The second-order valence-electron chi connectivity index (χ2n) is 6.09. The number of fused-ring (bicyclic) bond motifs is 1. The van der Waals surface area contributed by atoms with Crippen LogP contribution in [0.3, 0.4) is 0 Å². The summed E-state index contributed by atoms with van der Waals surface area (Å²) in [4.78, 5) is 12.5. The third-order valence-corrected chi connectivity index (χ3v) is 7.12. The molecule has 1 aromatic heterocycles. The van der Waals surface area contributed by atoms with Gasteiger partial charge in [0, 0.05) is 22.6 Å². The molecule has 3 heterocycles. The van der Waals surface area contributed by atoms with Crippen molar-refractivity contribution in [2.45, 2.75) is 24.0 Å². The predicted octanol–water partition coefficient (Wildman–Crippen LogP) is 2.24. The molecule has 1 fully saturated rings. The quantitative estimate of drug-likeness (QED) is 0.904. The normalized spacial score (nSPS) is 21.6. The van der Waals surface area contributed by atoms with Gasteiger partial charge >= 0.3 is 0 Å². The first kappa shape index (κ1) is 15.7. The largest absolute Gasteiger partial charge is 0.306 e. The van der Waals surface area contributed by atoms with Gasteiger partial charge < -0.3 is 5.32 Å². The Labute approximate surface area is 144 Å². The van der Waals surface area contributed by atoms with E-state index in [0.29, 0.717) is 17.8 Å². The van der Waals surface area contributed by atoms with Crippen LogP contribution in [0.4, 0.5) is 5.82 Å². The van der Waals surface area contributed by atoms with E-state index in [9.17, 15) is 13.2 Å². The van der Waals surface area contributed by atoms with E-state index >= 15 is 0 Å². The SMILES string of the molecule is O=C(Nc1c2c(nn1[C@@H]1CCS(=O)(=O)C1)CSC2)c1ccccc1. The predicted molar refractivity (Wildman–Crippen MR) is 93.9 cm³/mol. The van der Waals surface area contributed by atoms with Crippen LogP contribution < -0.4 is 5.32 Å². The maximum atomic E-state index is 12.5. The standard InChI is InChI=1S/C16H17N3O3S2/c20-16(11-4-2-1-3-5-11)17-15-13-8-23-9-14(13)18-19(15)12-6-7-24(21,22)10-12/h1-5,12H,6-10H2,(H,17,20)/t12-/m1/s1. The number of carbonyl (C=O) groups is 1. The highest BCUT2D eigenvalue weighted by atomic mass is 32.2. The monoisotopic (exact) mass is 363 g/mol. The van der Waals surface area contributed by atoms with Crippen molar-refractivity contribution < 1.29 is 13.2 Å². The molecule has 1 saturated heterocycles. The number of aromatic nitrogens is 2. The van der Waals surface area contributed by atoms with E-state index in [4.69, 9.17) is 0 Å². The van der Waals surface area contributed by atoms with E-state index in [2.05, 4.69) is 10.4 Å². The summed E-state index contributed by atoms with van der Waals surface area (Å²) < 4.78 is 25.4. The smallest absolute Gasteiger partial charge is 0.256 e. The molecule has 4 rings (SSSR count). The van der Waals surface area contributed by atoms with Crippen molar-refractivity contribution in [3.05, 3.63) is 47.2 Å². The van der Waals surface area contributed by atoms with E-state index in [-0.39, 0.29) is 23.5 Å². The molecule has 8 heteroatoms. The molecular weight excluding hydrogens is 346 g/mol. The molecule has 0 bridgehead atoms. The molecule has 6 nitrogen and oxygen atoms in total. The van der Waals surface area contributed by atoms with Crippen molar-refractivity contribution in [2.24, 2.45) is 0 Å². The zero-order valence-corrected chi connectivity index (χ0v) is 14.6. The van der Waals surface area contributed by atoms with E-state index in [1.807, 2.05) is 18.2 Å². The average molecular weight is 363 g/mol. The Morgan fingerprint density at radius 3 is 2.75 bits per heavy atom. The Kier molecular flexibility index (Phi) is 3.88. The minimum absolute atomic E-state index is 0.0922. The van der Waals surface area contributed by atoms with E-state index in [0.717, 1.165) is 22.8 Å². The number of rotatable bonds is 3. The number of anilines is 1. The summed E-state index contributed by atoms with van der Waals surface area (Å²) in [5.74, 6) is 2.33. The van der Waals surface area contributed by atoms with Crippen LogP contribution in [0.5, 0.6) is 0 Å². The lowest BCUT2D eigenvalue weighted by atomic mass is 10.2. The van der Waals surface area contributed by atoms with Gasteiger partial charge in [-0.2, -0.15) is 16.9 Å². The Hall–Kier alpha value is -1.80. The Bertz CT molecular complexity index is 891. The summed E-state index contributed by atoms with van der Waals surface area (Å²) in [7, 11) is -3.01. The number of carbonyl (C=O) groups excluding carboxylic acids is 1. The molecule has 0 aliphatic carbocycles. The van der Waals surface area contributed by atoms with Crippen LogP contribution in [0.2, 0.25) is 0 Å². The van der Waals surface area contributed by atoms with E-state index in [1.54, 1.807) is 28.6 Å². The molecule has 2 aliphatic rings. The molecule has 0 spiro atoms. The number of thioether (sulfide) groups is 1. The molecule has 0 saturated carbocycles. The highest BCUT2D eigenvalue weighted by Gasteiger charge is 2.34. The summed E-state index contributed by atoms with van der Waals surface area (Å²) in [6.07, 6.45) is 0.546. The number of hydrogen-bond donors (Lipinski definition) is 1. The molecule has 1 N–H and O–H groups in total. The molecule has 24 heavy (non-hydrogen) atoms. The lowest BCUT2D eigenvalue weighted by Crippen LogP contribution is -2.20. The first-order valence-corrected chi connectivity index (χ1v) is 10.8. The number of nitrogens with zero attached hydrogens (tertiary/aromatic N) is 2. The summed E-state index contributed by atoms with van der Waals surface area (Å²) in [6, 6.07) is 8.80. The van der Waals surface area contributed by atoms with Gasteiger partial charge in [0.1, 0.15) is 5.82 Å². The fourth-order valence-corrected chi connectivity index (χ4v) is 5.89. The molecule has 1 aromatic carbocycles. The number of sulfone groups is 1. The van der Waals surface area contributed by atoms with Crippen molar-refractivity contribution in [1.82, 2.24) is 9.78 Å². The second-order valence-corrected chi connectivity index (χ2v) is 9.30. The number of amides is 1. The first-order chi connectivity index (χ1) is 11.5. The molecule has 0 radical (unpaired) electrons. The summed E-state index contributed by atoms with van der Waals surface area (Å²) in [5, 5.41) is 7.57. The van der Waals surface area contributed by atoms with Gasteiger partial charge in [-0.1, -0.05) is 18.2 Å². The lowest BCUT2D eigenvalue weighted by Gasteiger charge is -2.15. The summed E-state index contributed by atoms with van der Waals surface area (Å²) in [5.41, 5.74) is 2.55. The van der Waals surface area contributed by atoms with Crippen molar-refractivity contribution in [2.75, 3.05) is 16.8 Å². The van der Waals surface area contributed by atoms with Crippen LogP contribution in [-0.4, -0.2) is 35.6 Å². The van der Waals surface area contributed by atoms with Crippen LogP contribution in [0.25, 0.3) is 0 Å². The zero-order chi connectivity index (χ0) is 16.7. The number of benzene rings is 1. The number of hydrogen-bond acceptors (Lipinski definition) is 5. The molecule has 1 atom stereocenters. The third-order valence-electron chi connectivity index (χ3n) is 4.40. The van der Waals surface area contributed by atoms with Crippen LogP contribution in [-0.2, 0) is 21.3 Å².